The lowest BCUT2D eigenvalue weighted by Crippen LogP contribution is -1.86. The Morgan fingerprint density at radius 2 is 1.65 bits per heavy atom. The Labute approximate surface area is 119 Å². The third-order valence-electron chi connectivity index (χ3n) is 3.42. The highest BCUT2D eigenvalue weighted by Crippen LogP contribution is 2.34. The molecule has 2 nitrogen and oxygen atoms in total. The van der Waals surface area contributed by atoms with Crippen molar-refractivity contribution in [3.05, 3.63) is 65.5 Å². The van der Waals surface area contributed by atoms with Crippen LogP contribution in [0.2, 0.25) is 0 Å². The van der Waals surface area contributed by atoms with Crippen LogP contribution in [0.25, 0.3) is 22.6 Å². The molecule has 0 N–H and O–H groups in total. The minimum Gasteiger partial charge on any atom is -0.440 e. The Bertz CT molecular complexity index is 741. The third-order valence-corrected chi connectivity index (χ3v) is 3.42. The van der Waals surface area contributed by atoms with Crippen LogP contribution >= 0.6 is 0 Å². The number of oxazole rings is 1. The van der Waals surface area contributed by atoms with Crippen molar-refractivity contribution in [3.63, 3.8) is 0 Å². The first-order valence-corrected chi connectivity index (χ1v) is 6.75. The molecule has 2 aromatic carbocycles. The number of aromatic nitrogens is 1. The van der Waals surface area contributed by atoms with Gasteiger partial charge in [0.2, 0.25) is 0 Å². The summed E-state index contributed by atoms with van der Waals surface area (Å²) in [5.41, 5.74) is 5.53. The van der Waals surface area contributed by atoms with Crippen molar-refractivity contribution in [1.29, 1.82) is 0 Å². The molecular weight excluding hydrogens is 246 g/mol. The van der Waals surface area contributed by atoms with Gasteiger partial charge in [-0.15, -0.1) is 0 Å². The van der Waals surface area contributed by atoms with Gasteiger partial charge >= 0.3 is 0 Å². The largest absolute Gasteiger partial charge is 0.440 e. The zero-order chi connectivity index (χ0) is 14.1. The first-order valence-electron chi connectivity index (χ1n) is 6.75. The van der Waals surface area contributed by atoms with E-state index in [9.17, 15) is 0 Å². The highest BCUT2D eigenvalue weighted by Gasteiger charge is 2.16. The topological polar surface area (TPSA) is 26.0 Å². The van der Waals surface area contributed by atoms with E-state index in [1.165, 1.54) is 11.1 Å². The van der Waals surface area contributed by atoms with Crippen molar-refractivity contribution in [1.82, 2.24) is 4.98 Å². The second kappa shape index (κ2) is 4.97. The summed E-state index contributed by atoms with van der Waals surface area (Å²) in [6.45, 7) is 6.08. The molecule has 0 unspecified atom stereocenters. The van der Waals surface area contributed by atoms with Crippen LogP contribution in [-0.4, -0.2) is 4.98 Å². The van der Waals surface area contributed by atoms with E-state index in [1.54, 1.807) is 0 Å². The van der Waals surface area contributed by atoms with Crippen molar-refractivity contribution >= 4 is 0 Å². The fraction of sp³-hybridized carbons (Fsp3) is 0.167. The molecule has 0 spiro atoms. The first kappa shape index (κ1) is 12.7. The van der Waals surface area contributed by atoms with Crippen molar-refractivity contribution in [2.45, 2.75) is 20.8 Å². The van der Waals surface area contributed by atoms with Gasteiger partial charge in [-0.3, -0.25) is 0 Å². The zero-order valence-corrected chi connectivity index (χ0v) is 12.0. The van der Waals surface area contributed by atoms with Crippen LogP contribution < -0.4 is 0 Å². The van der Waals surface area contributed by atoms with Crippen molar-refractivity contribution in [2.24, 2.45) is 0 Å². The molecule has 1 heterocycles. The average Bonchev–Trinajstić information content (AvgIpc) is 2.84. The Morgan fingerprint density at radius 1 is 0.900 bits per heavy atom. The lowest BCUT2D eigenvalue weighted by Gasteiger charge is -2.06. The molecule has 0 amide bonds. The summed E-state index contributed by atoms with van der Waals surface area (Å²) in [6.07, 6.45) is 0. The molecule has 2 heteroatoms. The van der Waals surface area contributed by atoms with Crippen LogP contribution in [0, 0.1) is 20.8 Å². The summed E-state index contributed by atoms with van der Waals surface area (Å²) in [5, 5.41) is 0. The lowest BCUT2D eigenvalue weighted by molar-refractivity contribution is 0.534. The number of rotatable bonds is 2. The number of hydrogen-bond acceptors (Lipinski definition) is 2. The minimum absolute atomic E-state index is 0.694. The van der Waals surface area contributed by atoms with E-state index in [-0.39, 0.29) is 0 Å². The summed E-state index contributed by atoms with van der Waals surface area (Å²) in [5.74, 6) is 1.55. The molecule has 0 radical (unpaired) electrons. The first-order chi connectivity index (χ1) is 9.65. The van der Waals surface area contributed by atoms with E-state index < -0.39 is 0 Å². The minimum atomic E-state index is 0.694. The van der Waals surface area contributed by atoms with E-state index in [0.717, 1.165) is 22.6 Å². The maximum Gasteiger partial charge on any atom is 0.192 e. The normalized spacial score (nSPS) is 10.8. The second-order valence-corrected chi connectivity index (χ2v) is 5.10. The maximum atomic E-state index is 5.88. The molecule has 0 atom stereocenters. The fourth-order valence-electron chi connectivity index (χ4n) is 2.38. The summed E-state index contributed by atoms with van der Waals surface area (Å²) in [7, 11) is 0. The Hall–Kier alpha value is -2.35. The zero-order valence-electron chi connectivity index (χ0n) is 12.0. The molecule has 0 aliphatic heterocycles. The van der Waals surface area contributed by atoms with Gasteiger partial charge in [0.1, 0.15) is 5.69 Å². The molecule has 0 bridgehead atoms. The lowest BCUT2D eigenvalue weighted by atomic mass is 10.00. The second-order valence-electron chi connectivity index (χ2n) is 5.10. The molecule has 20 heavy (non-hydrogen) atoms. The van der Waals surface area contributed by atoms with Crippen LogP contribution in [0.1, 0.15) is 17.0 Å². The van der Waals surface area contributed by atoms with Gasteiger partial charge in [0.25, 0.3) is 0 Å². The summed E-state index contributed by atoms with van der Waals surface area (Å²) in [4.78, 5) is 4.56. The number of hydrogen-bond donors (Lipinski definition) is 0. The number of benzene rings is 2. The van der Waals surface area contributed by atoms with Gasteiger partial charge in [-0.05, 0) is 25.5 Å². The predicted octanol–water partition coefficient (Wildman–Crippen LogP) is 4.93. The Balaban J connectivity index is 2.22. The number of aryl methyl sites for hydroxylation is 3. The molecular formula is C18H17NO. The van der Waals surface area contributed by atoms with Crippen molar-refractivity contribution < 1.29 is 4.42 Å². The van der Waals surface area contributed by atoms with Crippen LogP contribution in [0.15, 0.2) is 52.9 Å². The van der Waals surface area contributed by atoms with E-state index in [1.807, 2.05) is 25.1 Å². The van der Waals surface area contributed by atoms with Crippen molar-refractivity contribution in [3.8, 4) is 22.6 Å². The molecule has 0 saturated heterocycles. The van der Waals surface area contributed by atoms with Crippen molar-refractivity contribution in [2.75, 3.05) is 0 Å². The molecule has 0 fully saturated rings. The van der Waals surface area contributed by atoms with E-state index in [2.05, 4.69) is 49.2 Å². The van der Waals surface area contributed by atoms with Crippen LogP contribution in [0.5, 0.6) is 0 Å². The Kier molecular flexibility index (Phi) is 3.15. The van der Waals surface area contributed by atoms with Crippen LogP contribution in [0.4, 0.5) is 0 Å². The molecule has 0 aliphatic rings. The summed E-state index contributed by atoms with van der Waals surface area (Å²) >= 11 is 0. The van der Waals surface area contributed by atoms with Crippen LogP contribution in [-0.2, 0) is 0 Å². The van der Waals surface area contributed by atoms with Crippen LogP contribution in [0.3, 0.4) is 0 Å². The fourth-order valence-corrected chi connectivity index (χ4v) is 2.38. The van der Waals surface area contributed by atoms with Gasteiger partial charge in [0, 0.05) is 18.1 Å². The third kappa shape index (κ3) is 2.25. The van der Waals surface area contributed by atoms with Gasteiger partial charge in [-0.1, -0.05) is 48.0 Å². The smallest absolute Gasteiger partial charge is 0.192 e. The SMILES string of the molecule is Cc1ccc(C)c(-c2oc(C)nc2-c2ccccc2)c1. The monoisotopic (exact) mass is 263 g/mol. The highest BCUT2D eigenvalue weighted by atomic mass is 16.4. The van der Waals surface area contributed by atoms with E-state index in [0.29, 0.717) is 5.89 Å². The van der Waals surface area contributed by atoms with E-state index in [4.69, 9.17) is 4.42 Å². The Morgan fingerprint density at radius 3 is 2.40 bits per heavy atom. The summed E-state index contributed by atoms with van der Waals surface area (Å²) < 4.78 is 5.88. The molecule has 100 valence electrons. The standard InChI is InChI=1S/C18H17NO/c1-12-9-10-13(2)16(11-12)18-17(19-14(3)20-18)15-7-5-4-6-8-15/h4-11H,1-3H3. The molecule has 3 rings (SSSR count). The van der Waals surface area contributed by atoms with Gasteiger partial charge in [0.15, 0.2) is 11.7 Å². The predicted molar refractivity (Wildman–Crippen MR) is 81.6 cm³/mol. The molecule has 0 saturated carbocycles. The average molecular weight is 263 g/mol. The van der Waals surface area contributed by atoms with Gasteiger partial charge in [-0.2, -0.15) is 0 Å². The molecule has 3 aromatic rings. The van der Waals surface area contributed by atoms with Gasteiger partial charge in [0.05, 0.1) is 0 Å². The number of nitrogens with zero attached hydrogens (tertiary/aromatic N) is 1. The molecule has 0 aliphatic carbocycles. The van der Waals surface area contributed by atoms with E-state index >= 15 is 0 Å². The molecule has 1 aromatic heterocycles. The summed E-state index contributed by atoms with van der Waals surface area (Å²) in [6, 6.07) is 16.6. The van der Waals surface area contributed by atoms with Gasteiger partial charge in [-0.25, -0.2) is 4.98 Å². The quantitative estimate of drug-likeness (QED) is 0.655. The van der Waals surface area contributed by atoms with Gasteiger partial charge < -0.3 is 4.42 Å². The highest BCUT2D eigenvalue weighted by molar-refractivity contribution is 5.78. The maximum absolute atomic E-state index is 5.88.